The fraction of sp³-hybridized carbons (Fsp3) is 0.231. The lowest BCUT2D eigenvalue weighted by Gasteiger charge is -2.11. The van der Waals surface area contributed by atoms with Gasteiger partial charge in [-0.2, -0.15) is 0 Å². The van der Waals surface area contributed by atoms with Crippen molar-refractivity contribution >= 4 is 11.6 Å². The Morgan fingerprint density at radius 2 is 2.16 bits per heavy atom. The van der Waals surface area contributed by atoms with Crippen LogP contribution in [0.4, 0.5) is 4.39 Å². The van der Waals surface area contributed by atoms with Crippen LogP contribution < -0.4 is 4.74 Å². The number of halogens is 2. The zero-order valence-electron chi connectivity index (χ0n) is 10.2. The Labute approximate surface area is 114 Å². The molecular weight excluding hydrogens is 271 g/mol. The first-order valence-corrected chi connectivity index (χ1v) is 5.96. The van der Waals surface area contributed by atoms with Gasteiger partial charge in [0.25, 0.3) is 0 Å². The molecule has 4 nitrogen and oxygen atoms in total. The second-order valence-corrected chi connectivity index (χ2v) is 4.35. The highest BCUT2D eigenvalue weighted by molar-refractivity contribution is 6.30. The largest absolute Gasteiger partial charge is 0.481 e. The van der Waals surface area contributed by atoms with Crippen molar-refractivity contribution < 1.29 is 14.2 Å². The van der Waals surface area contributed by atoms with Crippen LogP contribution in [0.1, 0.15) is 17.4 Å². The molecule has 0 aliphatic carbocycles. The van der Waals surface area contributed by atoms with Gasteiger partial charge in [0.15, 0.2) is 0 Å². The molecule has 1 aromatic carbocycles. The predicted molar refractivity (Wildman–Crippen MR) is 68.7 cm³/mol. The van der Waals surface area contributed by atoms with E-state index in [1.54, 1.807) is 12.1 Å². The third-order valence-electron chi connectivity index (χ3n) is 2.64. The quantitative estimate of drug-likeness (QED) is 0.936. The van der Waals surface area contributed by atoms with E-state index >= 15 is 0 Å². The average molecular weight is 283 g/mol. The zero-order valence-corrected chi connectivity index (χ0v) is 10.9. The fourth-order valence-corrected chi connectivity index (χ4v) is 1.75. The number of methoxy groups -OCH3 is 1. The fourth-order valence-electron chi connectivity index (χ4n) is 1.64. The van der Waals surface area contributed by atoms with Gasteiger partial charge in [0, 0.05) is 12.5 Å². The smallest absolute Gasteiger partial charge is 0.216 e. The highest BCUT2D eigenvalue weighted by Crippen LogP contribution is 2.23. The topological polar surface area (TPSA) is 55.2 Å². The molecule has 0 aliphatic rings. The Morgan fingerprint density at radius 1 is 1.37 bits per heavy atom. The number of rotatable bonds is 4. The number of hydrogen-bond donors (Lipinski definition) is 1. The Kier molecular flexibility index (Phi) is 4.29. The van der Waals surface area contributed by atoms with Crippen LogP contribution in [0, 0.1) is 5.82 Å². The van der Waals surface area contributed by atoms with E-state index in [1.165, 1.54) is 25.6 Å². The van der Waals surface area contributed by atoms with E-state index in [2.05, 4.69) is 9.97 Å². The van der Waals surface area contributed by atoms with Crippen LogP contribution in [0.5, 0.6) is 5.88 Å². The molecule has 1 atom stereocenters. The van der Waals surface area contributed by atoms with Gasteiger partial charge in [-0.1, -0.05) is 17.7 Å². The average Bonchev–Trinajstić information content (AvgIpc) is 2.42. The number of ether oxygens (including phenoxy) is 1. The van der Waals surface area contributed by atoms with E-state index in [-0.39, 0.29) is 11.4 Å². The molecule has 0 aliphatic heterocycles. The summed E-state index contributed by atoms with van der Waals surface area (Å²) >= 11 is 5.59. The first-order chi connectivity index (χ1) is 9.10. The molecule has 2 aromatic rings. The lowest BCUT2D eigenvalue weighted by molar-refractivity contribution is 0.176. The van der Waals surface area contributed by atoms with Crippen molar-refractivity contribution in [2.75, 3.05) is 7.11 Å². The van der Waals surface area contributed by atoms with Crippen molar-refractivity contribution in [3.63, 3.8) is 0 Å². The van der Waals surface area contributed by atoms with Gasteiger partial charge in [0.05, 0.1) is 23.9 Å². The second-order valence-electron chi connectivity index (χ2n) is 3.95. The molecule has 100 valence electrons. The predicted octanol–water partition coefficient (Wildman–Crippen LogP) is 2.55. The summed E-state index contributed by atoms with van der Waals surface area (Å²) in [5.41, 5.74) is 1.05. The molecule has 2 rings (SSSR count). The molecule has 1 N–H and O–H groups in total. The zero-order chi connectivity index (χ0) is 13.8. The molecule has 0 spiro atoms. The van der Waals surface area contributed by atoms with Gasteiger partial charge in [-0.25, -0.2) is 14.4 Å². The molecular formula is C13H12ClFN2O2. The lowest BCUT2D eigenvalue weighted by Crippen LogP contribution is -2.04. The van der Waals surface area contributed by atoms with Crippen molar-refractivity contribution in [2.45, 2.75) is 12.5 Å². The molecule has 0 bridgehead atoms. The minimum Gasteiger partial charge on any atom is -0.481 e. The number of aliphatic hydroxyl groups excluding tert-OH is 1. The maximum atomic E-state index is 13.3. The minimum absolute atomic E-state index is 0.0275. The number of aliphatic hydroxyl groups is 1. The molecule has 1 aromatic heterocycles. The van der Waals surface area contributed by atoms with Crippen LogP contribution in [0.3, 0.4) is 0 Å². The van der Waals surface area contributed by atoms with Crippen molar-refractivity contribution in [3.8, 4) is 5.88 Å². The first-order valence-electron chi connectivity index (χ1n) is 5.58. The Bertz CT molecular complexity index is 580. The molecule has 19 heavy (non-hydrogen) atoms. The third kappa shape index (κ3) is 3.39. The van der Waals surface area contributed by atoms with Crippen LogP contribution in [0.2, 0.25) is 5.02 Å². The maximum absolute atomic E-state index is 13.3. The highest BCUT2D eigenvalue weighted by Gasteiger charge is 2.12. The number of nitrogens with zero attached hydrogens (tertiary/aromatic N) is 2. The van der Waals surface area contributed by atoms with Crippen LogP contribution in [0.25, 0.3) is 0 Å². The minimum atomic E-state index is -0.869. The van der Waals surface area contributed by atoms with Gasteiger partial charge in [0.2, 0.25) is 5.88 Å². The maximum Gasteiger partial charge on any atom is 0.216 e. The SMILES string of the molecule is COc1cc(CC(O)c2ccc(Cl)c(F)c2)ncn1. The molecule has 1 unspecified atom stereocenters. The van der Waals surface area contributed by atoms with Crippen LogP contribution in [0.15, 0.2) is 30.6 Å². The van der Waals surface area contributed by atoms with E-state index in [0.717, 1.165) is 0 Å². The van der Waals surface area contributed by atoms with E-state index in [4.69, 9.17) is 16.3 Å². The van der Waals surface area contributed by atoms with E-state index in [1.807, 2.05) is 0 Å². The van der Waals surface area contributed by atoms with E-state index in [9.17, 15) is 9.50 Å². The molecule has 0 saturated heterocycles. The molecule has 1 heterocycles. The third-order valence-corrected chi connectivity index (χ3v) is 2.95. The molecule has 0 radical (unpaired) electrons. The molecule has 0 amide bonds. The molecule has 0 fully saturated rings. The number of aromatic nitrogens is 2. The summed E-state index contributed by atoms with van der Waals surface area (Å²) in [5, 5.41) is 10.1. The summed E-state index contributed by atoms with van der Waals surface area (Å²) in [5.74, 6) is -0.141. The normalized spacial score (nSPS) is 12.2. The Hall–Kier alpha value is -1.72. The van der Waals surface area contributed by atoms with Crippen molar-refractivity contribution in [3.05, 3.63) is 52.7 Å². The van der Waals surface area contributed by atoms with Crippen LogP contribution in [-0.2, 0) is 6.42 Å². The van der Waals surface area contributed by atoms with Gasteiger partial charge in [-0.3, -0.25) is 0 Å². The second kappa shape index (κ2) is 5.95. The van der Waals surface area contributed by atoms with Gasteiger partial charge in [0.1, 0.15) is 12.1 Å². The summed E-state index contributed by atoms with van der Waals surface area (Å²) in [6.45, 7) is 0. The van der Waals surface area contributed by atoms with Gasteiger partial charge in [-0.05, 0) is 17.7 Å². The Balaban J connectivity index is 2.15. The summed E-state index contributed by atoms with van der Waals surface area (Å²) in [6.07, 6.45) is 0.717. The Morgan fingerprint density at radius 3 is 2.84 bits per heavy atom. The van der Waals surface area contributed by atoms with Crippen molar-refractivity contribution in [1.82, 2.24) is 9.97 Å². The summed E-state index contributed by atoms with van der Waals surface area (Å²) in [4.78, 5) is 7.89. The van der Waals surface area contributed by atoms with Gasteiger partial charge >= 0.3 is 0 Å². The standard InChI is InChI=1S/C13H12ClFN2O2/c1-19-13-6-9(16-7-17-13)5-12(18)8-2-3-10(14)11(15)4-8/h2-4,6-7,12,18H,5H2,1H3. The summed E-state index contributed by atoms with van der Waals surface area (Å²) < 4.78 is 18.3. The number of benzene rings is 1. The highest BCUT2D eigenvalue weighted by atomic mass is 35.5. The molecule has 6 heteroatoms. The van der Waals surface area contributed by atoms with E-state index < -0.39 is 11.9 Å². The monoisotopic (exact) mass is 282 g/mol. The van der Waals surface area contributed by atoms with Gasteiger partial charge < -0.3 is 9.84 Å². The molecule has 0 saturated carbocycles. The number of hydrogen-bond acceptors (Lipinski definition) is 4. The van der Waals surface area contributed by atoms with Crippen LogP contribution >= 0.6 is 11.6 Å². The van der Waals surface area contributed by atoms with Crippen molar-refractivity contribution in [2.24, 2.45) is 0 Å². The van der Waals surface area contributed by atoms with E-state index in [0.29, 0.717) is 17.1 Å². The first kappa shape index (κ1) is 13.7. The summed E-state index contributed by atoms with van der Waals surface area (Å²) in [6, 6.07) is 5.82. The van der Waals surface area contributed by atoms with Crippen molar-refractivity contribution in [1.29, 1.82) is 0 Å². The van der Waals surface area contributed by atoms with Crippen LogP contribution in [-0.4, -0.2) is 22.2 Å². The summed E-state index contributed by atoms with van der Waals surface area (Å²) in [7, 11) is 1.50. The lowest BCUT2D eigenvalue weighted by atomic mass is 10.0. The van der Waals surface area contributed by atoms with Gasteiger partial charge in [-0.15, -0.1) is 0 Å².